The Morgan fingerprint density at radius 1 is 1.21 bits per heavy atom. The lowest BCUT2D eigenvalue weighted by atomic mass is 10.1. The molecule has 0 saturated carbocycles. The van der Waals surface area contributed by atoms with Gasteiger partial charge in [0.1, 0.15) is 11.3 Å². The van der Waals surface area contributed by atoms with Crippen LogP contribution in [-0.2, 0) is 0 Å². The number of phenolic OH excluding ortho intramolecular Hbond substituents is 1. The highest BCUT2D eigenvalue weighted by Gasteiger charge is 2.03. The number of nitrogens with zero attached hydrogens (tertiary/aromatic N) is 1. The summed E-state index contributed by atoms with van der Waals surface area (Å²) in [4.78, 5) is 4.13. The van der Waals surface area contributed by atoms with Crippen LogP contribution in [0.3, 0.4) is 0 Å². The summed E-state index contributed by atoms with van der Waals surface area (Å²) in [5, 5.41) is 10.6. The average molecular weight is 203 g/mol. The van der Waals surface area contributed by atoms with Gasteiger partial charge in [-0.25, -0.2) is 0 Å². The van der Waals surface area contributed by atoms with Gasteiger partial charge in [0.2, 0.25) is 0 Å². The molecule has 0 aliphatic rings. The third-order valence-electron chi connectivity index (χ3n) is 2.19. The molecule has 0 aliphatic carbocycles. The zero-order valence-corrected chi connectivity index (χ0v) is 7.70. The summed E-state index contributed by atoms with van der Waals surface area (Å²) in [7, 11) is 0. The topological polar surface area (TPSA) is 33.1 Å². The quantitative estimate of drug-likeness (QED) is 0.656. The highest BCUT2D eigenvalue weighted by atomic mass is 27.0. The van der Waals surface area contributed by atoms with Gasteiger partial charge in [-0.3, -0.25) is 4.98 Å². The summed E-state index contributed by atoms with van der Waals surface area (Å²) in [5.41, 5.74) is 2.88. The molecule has 0 aliphatic heterocycles. The molecule has 2 rings (SSSR count). The van der Waals surface area contributed by atoms with Gasteiger partial charge in [0.25, 0.3) is 0 Å². The van der Waals surface area contributed by atoms with Gasteiger partial charge in [-0.2, -0.15) is 0 Å². The Kier molecular flexibility index (Phi) is 3.15. The van der Waals surface area contributed by atoms with Crippen LogP contribution >= 0.6 is 0 Å². The number of fused-ring (bicyclic) bond motifs is 1. The van der Waals surface area contributed by atoms with E-state index < -0.39 is 0 Å². The molecule has 0 unspecified atom stereocenters. The number of benzene rings is 1. The van der Waals surface area contributed by atoms with Gasteiger partial charge in [-0.05, 0) is 43.2 Å². The van der Waals surface area contributed by atoms with Crippen molar-refractivity contribution in [1.82, 2.24) is 4.98 Å². The van der Waals surface area contributed by atoms with E-state index in [2.05, 4.69) is 4.98 Å². The molecule has 14 heavy (non-hydrogen) atoms. The second kappa shape index (κ2) is 4.00. The molecule has 72 valence electrons. The SMILES string of the molecule is Cc1cc(O)c2nccc(C)c2c1.[AlH3]. The Morgan fingerprint density at radius 2 is 1.93 bits per heavy atom. The minimum Gasteiger partial charge on any atom is -0.506 e. The van der Waals surface area contributed by atoms with Gasteiger partial charge in [0, 0.05) is 11.6 Å². The predicted octanol–water partition coefficient (Wildman–Crippen LogP) is 1.37. The van der Waals surface area contributed by atoms with Gasteiger partial charge in [-0.1, -0.05) is 0 Å². The van der Waals surface area contributed by atoms with Crippen LogP contribution in [0.5, 0.6) is 5.75 Å². The normalized spacial score (nSPS) is 9.86. The predicted molar refractivity (Wildman–Crippen MR) is 62.8 cm³/mol. The van der Waals surface area contributed by atoms with Crippen molar-refractivity contribution < 1.29 is 5.11 Å². The first-order chi connectivity index (χ1) is 6.18. The Labute approximate surface area is 93.7 Å². The molecule has 1 heterocycles. The van der Waals surface area contributed by atoms with E-state index in [9.17, 15) is 5.11 Å². The molecular weight excluding hydrogens is 189 g/mol. The van der Waals surface area contributed by atoms with Gasteiger partial charge >= 0.3 is 0 Å². The van der Waals surface area contributed by atoms with E-state index in [0.717, 1.165) is 16.5 Å². The summed E-state index contributed by atoms with van der Waals surface area (Å²) in [6, 6.07) is 5.72. The van der Waals surface area contributed by atoms with Crippen molar-refractivity contribution in [2.24, 2.45) is 0 Å². The van der Waals surface area contributed by atoms with Crippen LogP contribution in [-0.4, -0.2) is 27.5 Å². The number of hydrogen-bond acceptors (Lipinski definition) is 2. The second-order valence-electron chi connectivity index (χ2n) is 3.31. The van der Waals surface area contributed by atoms with Crippen molar-refractivity contribution in [1.29, 1.82) is 0 Å². The molecule has 1 aromatic heterocycles. The maximum atomic E-state index is 9.61. The summed E-state index contributed by atoms with van der Waals surface area (Å²) in [6.07, 6.45) is 1.72. The molecule has 1 aromatic carbocycles. The maximum Gasteiger partial charge on any atom is 0.187 e. The lowest BCUT2D eigenvalue weighted by molar-refractivity contribution is 0.480. The van der Waals surface area contributed by atoms with Crippen molar-refractivity contribution in [3.63, 3.8) is 0 Å². The number of phenols is 1. The first-order valence-corrected chi connectivity index (χ1v) is 4.23. The Hall–Kier alpha value is -1.04. The fourth-order valence-corrected chi connectivity index (χ4v) is 1.51. The second-order valence-corrected chi connectivity index (χ2v) is 3.31. The molecule has 0 amide bonds. The Bertz CT molecular complexity index is 468. The van der Waals surface area contributed by atoms with E-state index in [0.29, 0.717) is 5.52 Å². The molecule has 1 N–H and O–H groups in total. The Balaban J connectivity index is 0.000000980. The first-order valence-electron chi connectivity index (χ1n) is 4.23. The highest BCUT2D eigenvalue weighted by molar-refractivity contribution is 5.87. The van der Waals surface area contributed by atoms with Gasteiger partial charge in [0.05, 0.1) is 0 Å². The van der Waals surface area contributed by atoms with Crippen LogP contribution in [0.25, 0.3) is 10.9 Å². The molecule has 0 spiro atoms. The zero-order valence-electron chi connectivity index (χ0n) is 7.70. The van der Waals surface area contributed by atoms with Crippen LogP contribution in [0.15, 0.2) is 24.4 Å². The number of rotatable bonds is 0. The number of hydrogen-bond donors (Lipinski definition) is 1. The van der Waals surface area contributed by atoms with Crippen LogP contribution in [0, 0.1) is 13.8 Å². The van der Waals surface area contributed by atoms with Gasteiger partial charge < -0.3 is 5.11 Å². The van der Waals surface area contributed by atoms with E-state index in [4.69, 9.17) is 0 Å². The molecule has 2 aromatic rings. The molecule has 0 fully saturated rings. The third kappa shape index (κ3) is 1.75. The smallest absolute Gasteiger partial charge is 0.187 e. The molecule has 0 atom stereocenters. The average Bonchev–Trinajstić information content (AvgIpc) is 2.07. The fourth-order valence-electron chi connectivity index (χ4n) is 1.51. The summed E-state index contributed by atoms with van der Waals surface area (Å²) >= 11 is 0. The van der Waals surface area contributed by atoms with Gasteiger partial charge in [-0.15, -0.1) is 0 Å². The maximum absolute atomic E-state index is 9.61. The summed E-state index contributed by atoms with van der Waals surface area (Å²) in [6.45, 7) is 3.98. The lowest BCUT2D eigenvalue weighted by Crippen LogP contribution is -1.84. The van der Waals surface area contributed by atoms with Crippen molar-refractivity contribution in [3.8, 4) is 5.75 Å². The number of pyridine rings is 1. The number of aromatic nitrogens is 1. The summed E-state index contributed by atoms with van der Waals surface area (Å²) < 4.78 is 0. The van der Waals surface area contributed by atoms with Crippen molar-refractivity contribution >= 4 is 28.3 Å². The lowest BCUT2D eigenvalue weighted by Gasteiger charge is -2.04. The number of aryl methyl sites for hydroxylation is 2. The number of aromatic hydroxyl groups is 1. The minimum absolute atomic E-state index is 0. The van der Waals surface area contributed by atoms with Crippen LogP contribution in [0.2, 0.25) is 0 Å². The van der Waals surface area contributed by atoms with Crippen molar-refractivity contribution in [2.75, 3.05) is 0 Å². The monoisotopic (exact) mass is 203 g/mol. The Morgan fingerprint density at radius 3 is 2.64 bits per heavy atom. The van der Waals surface area contributed by atoms with Gasteiger partial charge in [0.15, 0.2) is 17.4 Å². The molecule has 0 bridgehead atoms. The summed E-state index contributed by atoms with van der Waals surface area (Å²) in [5.74, 6) is 0.263. The van der Waals surface area contributed by atoms with E-state index in [1.165, 1.54) is 0 Å². The molecule has 2 nitrogen and oxygen atoms in total. The van der Waals surface area contributed by atoms with Crippen LogP contribution < -0.4 is 0 Å². The highest BCUT2D eigenvalue weighted by Crippen LogP contribution is 2.26. The van der Waals surface area contributed by atoms with Crippen molar-refractivity contribution in [2.45, 2.75) is 13.8 Å². The third-order valence-corrected chi connectivity index (χ3v) is 2.19. The van der Waals surface area contributed by atoms with Crippen molar-refractivity contribution in [3.05, 3.63) is 35.5 Å². The van der Waals surface area contributed by atoms with E-state index in [1.54, 1.807) is 12.3 Å². The molecule has 3 heteroatoms. The van der Waals surface area contributed by atoms with Crippen LogP contribution in [0.4, 0.5) is 0 Å². The largest absolute Gasteiger partial charge is 0.506 e. The van der Waals surface area contributed by atoms with E-state index >= 15 is 0 Å². The van der Waals surface area contributed by atoms with Crippen LogP contribution in [0.1, 0.15) is 11.1 Å². The standard InChI is InChI=1S/C11H11NO.Al.3H/c1-7-5-9-8(2)3-4-12-11(9)10(13)6-7;;;;/h3-6,13H,1-2H3;;;;. The molecular formula is C11H14AlNO. The van der Waals surface area contributed by atoms with E-state index in [-0.39, 0.29) is 23.1 Å². The zero-order chi connectivity index (χ0) is 9.42. The van der Waals surface area contributed by atoms with E-state index in [1.807, 2.05) is 26.0 Å². The molecule has 0 saturated heterocycles. The minimum atomic E-state index is 0. The first kappa shape index (κ1) is 11.0. The molecule has 0 radical (unpaired) electrons. The fraction of sp³-hybridized carbons (Fsp3) is 0.182.